The Morgan fingerprint density at radius 1 is 1.33 bits per heavy atom. The Morgan fingerprint density at radius 3 is 2.38 bits per heavy atom. The van der Waals surface area contributed by atoms with E-state index in [0.29, 0.717) is 0 Å². The van der Waals surface area contributed by atoms with Gasteiger partial charge >= 0.3 is 0 Å². The molecule has 0 unspecified atom stereocenters. The Balaban J connectivity index is 3.09. The van der Waals surface area contributed by atoms with E-state index in [9.17, 15) is 13.2 Å². The molecule has 1 aromatic carbocycles. The molecular formula is C17H24N2O4S. The smallest absolute Gasteiger partial charge is 0.251 e. The van der Waals surface area contributed by atoms with Gasteiger partial charge in [-0.1, -0.05) is 29.8 Å². The number of allylic oxidation sites excluding steroid dienone is 1. The molecular weight excluding hydrogens is 328 g/mol. The summed E-state index contributed by atoms with van der Waals surface area (Å²) in [6.45, 7) is 9.15. The van der Waals surface area contributed by atoms with Crippen LogP contribution in [0.25, 0.3) is 0 Å². The Kier molecular flexibility index (Phi) is 7.34. The summed E-state index contributed by atoms with van der Waals surface area (Å²) >= 11 is 0. The van der Waals surface area contributed by atoms with Gasteiger partial charge in [0.25, 0.3) is 5.91 Å². The molecule has 0 saturated heterocycles. The molecule has 0 bridgehead atoms. The highest BCUT2D eigenvalue weighted by Gasteiger charge is 2.31. The summed E-state index contributed by atoms with van der Waals surface area (Å²) in [4.78, 5) is 17.4. The summed E-state index contributed by atoms with van der Waals surface area (Å²) in [6, 6.07) is 5.66. The van der Waals surface area contributed by atoms with E-state index in [1.54, 1.807) is 18.2 Å². The highest BCUT2D eigenvalue weighted by atomic mass is 32.2. The highest BCUT2D eigenvalue weighted by molar-refractivity contribution is 7.89. The Labute approximate surface area is 143 Å². The molecule has 1 rings (SSSR count). The zero-order valence-electron chi connectivity index (χ0n) is 14.2. The maximum atomic E-state index is 12.5. The second-order valence-corrected chi connectivity index (χ2v) is 7.06. The first kappa shape index (κ1) is 20.1. The number of nitrogens with one attached hydrogen (secondary N) is 1. The summed E-state index contributed by atoms with van der Waals surface area (Å²) < 4.78 is 27.6. The third-order valence-corrected chi connectivity index (χ3v) is 5.11. The van der Waals surface area contributed by atoms with Crippen molar-refractivity contribution in [2.75, 3.05) is 14.2 Å². The van der Waals surface area contributed by atoms with Gasteiger partial charge in [-0.15, -0.1) is 13.2 Å². The van der Waals surface area contributed by atoms with Crippen molar-refractivity contribution >= 4 is 15.9 Å². The number of hydroxylamine groups is 2. The summed E-state index contributed by atoms with van der Waals surface area (Å²) in [6.07, 6.45) is 3.24. The zero-order valence-corrected chi connectivity index (χ0v) is 15.0. The molecule has 0 aliphatic heterocycles. The number of hydrogen-bond acceptors (Lipinski definition) is 4. The van der Waals surface area contributed by atoms with Crippen molar-refractivity contribution in [2.24, 2.45) is 5.92 Å². The number of amides is 1. The molecule has 132 valence electrons. The van der Waals surface area contributed by atoms with Crippen molar-refractivity contribution in [2.45, 2.75) is 24.3 Å². The SMILES string of the molecule is C=CC[C@@H](C(=O)N(C)OC)[C@H](C=C)NS(=O)(=O)c1ccc(C)cc1. The van der Waals surface area contributed by atoms with Crippen LogP contribution in [0.5, 0.6) is 0 Å². The molecule has 2 atom stereocenters. The number of hydrogen-bond donors (Lipinski definition) is 1. The predicted molar refractivity (Wildman–Crippen MR) is 93.6 cm³/mol. The largest absolute Gasteiger partial charge is 0.275 e. The van der Waals surface area contributed by atoms with Crippen LogP contribution in [0.4, 0.5) is 0 Å². The van der Waals surface area contributed by atoms with Gasteiger partial charge in [0.2, 0.25) is 10.0 Å². The quantitative estimate of drug-likeness (QED) is 0.545. The third-order valence-electron chi connectivity index (χ3n) is 3.63. The minimum absolute atomic E-state index is 0.129. The van der Waals surface area contributed by atoms with E-state index in [-0.39, 0.29) is 17.2 Å². The van der Waals surface area contributed by atoms with Crippen LogP contribution in [0.15, 0.2) is 54.5 Å². The number of rotatable bonds is 9. The van der Waals surface area contributed by atoms with Crippen molar-refractivity contribution < 1.29 is 18.0 Å². The first-order valence-electron chi connectivity index (χ1n) is 7.41. The molecule has 0 heterocycles. The second-order valence-electron chi connectivity index (χ2n) is 5.34. The maximum absolute atomic E-state index is 12.5. The standard InChI is InChI=1S/C17H24N2O4S/c1-6-8-15(17(20)19(4)23-5)16(7-2)18-24(21,22)14-11-9-13(3)10-12-14/h6-7,9-12,15-16,18H,1-2,8H2,3-5H3/t15-,16+/m1/s1. The first-order chi connectivity index (χ1) is 11.3. The molecule has 0 aromatic heterocycles. The van der Waals surface area contributed by atoms with Gasteiger partial charge in [-0.3, -0.25) is 9.63 Å². The molecule has 6 nitrogen and oxygen atoms in total. The van der Waals surface area contributed by atoms with E-state index in [2.05, 4.69) is 17.9 Å². The molecule has 0 saturated carbocycles. The number of benzene rings is 1. The van der Waals surface area contributed by atoms with Crippen LogP contribution in [-0.4, -0.2) is 39.6 Å². The summed E-state index contributed by atoms with van der Waals surface area (Å²) in [5.41, 5.74) is 0.954. The van der Waals surface area contributed by atoms with Crippen molar-refractivity contribution in [3.05, 3.63) is 55.1 Å². The summed E-state index contributed by atoms with van der Waals surface area (Å²) in [7, 11) is -0.956. The van der Waals surface area contributed by atoms with Crippen molar-refractivity contribution in [1.29, 1.82) is 0 Å². The van der Waals surface area contributed by atoms with E-state index in [1.807, 2.05) is 6.92 Å². The third kappa shape index (κ3) is 5.02. The number of nitrogens with zero attached hydrogens (tertiary/aromatic N) is 1. The molecule has 0 aliphatic rings. The number of aryl methyl sites for hydroxylation is 1. The lowest BCUT2D eigenvalue weighted by molar-refractivity contribution is -0.173. The van der Waals surface area contributed by atoms with Gasteiger partial charge in [-0.25, -0.2) is 18.2 Å². The monoisotopic (exact) mass is 352 g/mol. The van der Waals surface area contributed by atoms with Crippen LogP contribution >= 0.6 is 0 Å². The van der Waals surface area contributed by atoms with Crippen LogP contribution in [0.3, 0.4) is 0 Å². The minimum atomic E-state index is -3.78. The van der Waals surface area contributed by atoms with E-state index in [0.717, 1.165) is 10.6 Å². The van der Waals surface area contributed by atoms with Gasteiger partial charge in [0.05, 0.1) is 24.0 Å². The van der Waals surface area contributed by atoms with Gasteiger partial charge in [0, 0.05) is 7.05 Å². The highest BCUT2D eigenvalue weighted by Crippen LogP contribution is 2.18. The predicted octanol–water partition coefficient (Wildman–Crippen LogP) is 2.04. The molecule has 0 radical (unpaired) electrons. The first-order valence-corrected chi connectivity index (χ1v) is 8.89. The van der Waals surface area contributed by atoms with Crippen LogP contribution in [0.1, 0.15) is 12.0 Å². The Hall–Kier alpha value is -1.96. The molecule has 0 aliphatic carbocycles. The minimum Gasteiger partial charge on any atom is -0.275 e. The zero-order chi connectivity index (χ0) is 18.3. The Morgan fingerprint density at radius 2 is 1.92 bits per heavy atom. The fourth-order valence-corrected chi connectivity index (χ4v) is 3.41. The molecule has 1 amide bonds. The lowest BCUT2D eigenvalue weighted by Gasteiger charge is -2.26. The normalized spacial score (nSPS) is 13.8. The lowest BCUT2D eigenvalue weighted by Crippen LogP contribution is -2.45. The van der Waals surface area contributed by atoms with Crippen molar-refractivity contribution in [3.63, 3.8) is 0 Å². The average Bonchev–Trinajstić information content (AvgIpc) is 2.56. The fourth-order valence-electron chi connectivity index (χ4n) is 2.16. The van der Waals surface area contributed by atoms with E-state index >= 15 is 0 Å². The molecule has 24 heavy (non-hydrogen) atoms. The maximum Gasteiger partial charge on any atom is 0.251 e. The second kappa shape index (κ2) is 8.77. The van der Waals surface area contributed by atoms with Crippen LogP contribution in [-0.2, 0) is 19.7 Å². The topological polar surface area (TPSA) is 75.7 Å². The molecule has 7 heteroatoms. The van der Waals surface area contributed by atoms with E-state index in [1.165, 1.54) is 32.4 Å². The molecule has 0 spiro atoms. The molecule has 1 N–H and O–H groups in total. The molecule has 0 fully saturated rings. The van der Waals surface area contributed by atoms with Gasteiger partial charge in [-0.2, -0.15) is 0 Å². The van der Waals surface area contributed by atoms with Gasteiger partial charge in [0.15, 0.2) is 0 Å². The molecule has 1 aromatic rings. The number of sulfonamides is 1. The van der Waals surface area contributed by atoms with Gasteiger partial charge in [-0.05, 0) is 25.5 Å². The van der Waals surface area contributed by atoms with Gasteiger partial charge < -0.3 is 0 Å². The van der Waals surface area contributed by atoms with Crippen molar-refractivity contribution in [1.82, 2.24) is 9.79 Å². The van der Waals surface area contributed by atoms with Crippen LogP contribution in [0, 0.1) is 12.8 Å². The van der Waals surface area contributed by atoms with Crippen LogP contribution in [0.2, 0.25) is 0 Å². The fraction of sp³-hybridized carbons (Fsp3) is 0.353. The van der Waals surface area contributed by atoms with E-state index in [4.69, 9.17) is 4.84 Å². The van der Waals surface area contributed by atoms with E-state index < -0.39 is 22.0 Å². The van der Waals surface area contributed by atoms with Crippen LogP contribution < -0.4 is 4.72 Å². The van der Waals surface area contributed by atoms with Crippen molar-refractivity contribution in [3.8, 4) is 0 Å². The summed E-state index contributed by atoms with van der Waals surface area (Å²) in [5, 5.41) is 1.06. The summed E-state index contributed by atoms with van der Waals surface area (Å²) in [5.74, 6) is -1.07. The average molecular weight is 352 g/mol. The lowest BCUT2D eigenvalue weighted by atomic mass is 9.96. The number of carbonyl (C=O) groups excluding carboxylic acids is 1. The Bertz CT molecular complexity index is 683. The number of carbonyl (C=O) groups is 1. The van der Waals surface area contributed by atoms with Gasteiger partial charge in [0.1, 0.15) is 0 Å².